The summed E-state index contributed by atoms with van der Waals surface area (Å²) in [7, 11) is 0. The summed E-state index contributed by atoms with van der Waals surface area (Å²) in [4.78, 5) is 2.68. The Balaban J connectivity index is 1.68. The van der Waals surface area contributed by atoms with Crippen LogP contribution in [-0.2, 0) is 11.2 Å². The zero-order valence-corrected chi connectivity index (χ0v) is 13.8. The maximum absolute atomic E-state index is 10.7. The van der Waals surface area contributed by atoms with E-state index in [1.54, 1.807) is 22.7 Å². The quantitative estimate of drug-likeness (QED) is 0.857. The zero-order chi connectivity index (χ0) is 14.7. The molecule has 3 unspecified atom stereocenters. The number of rotatable bonds is 6. The monoisotopic (exact) mass is 323 g/mol. The summed E-state index contributed by atoms with van der Waals surface area (Å²) in [5, 5.41) is 18.4. The normalized spacial score (nSPS) is 27.0. The Hall–Kier alpha value is -0.720. The number of hydrogen-bond acceptors (Lipinski definition) is 5. The molecule has 21 heavy (non-hydrogen) atoms. The fourth-order valence-corrected chi connectivity index (χ4v) is 4.25. The van der Waals surface area contributed by atoms with Gasteiger partial charge in [-0.05, 0) is 29.8 Å². The molecule has 3 nitrogen and oxygen atoms in total. The maximum atomic E-state index is 10.7. The van der Waals surface area contributed by atoms with Crippen molar-refractivity contribution in [3.05, 3.63) is 44.8 Å². The highest BCUT2D eigenvalue weighted by Crippen LogP contribution is 2.28. The molecule has 0 amide bonds. The van der Waals surface area contributed by atoms with Gasteiger partial charge in [0.15, 0.2) is 0 Å². The van der Waals surface area contributed by atoms with Crippen LogP contribution in [-0.4, -0.2) is 30.0 Å². The molecule has 0 bridgehead atoms. The molecule has 0 aliphatic carbocycles. The largest absolute Gasteiger partial charge is 0.386 e. The van der Waals surface area contributed by atoms with E-state index in [0.29, 0.717) is 19.6 Å². The molecule has 0 saturated carbocycles. The van der Waals surface area contributed by atoms with Crippen molar-refractivity contribution in [2.24, 2.45) is 0 Å². The van der Waals surface area contributed by atoms with Gasteiger partial charge in [-0.25, -0.2) is 0 Å². The van der Waals surface area contributed by atoms with E-state index in [1.807, 2.05) is 6.92 Å². The van der Waals surface area contributed by atoms with E-state index in [-0.39, 0.29) is 12.1 Å². The highest BCUT2D eigenvalue weighted by molar-refractivity contribution is 7.10. The van der Waals surface area contributed by atoms with Gasteiger partial charge in [-0.3, -0.25) is 0 Å². The number of nitrogens with one attached hydrogen (secondary N) is 1. The first kappa shape index (κ1) is 15.2. The van der Waals surface area contributed by atoms with Crippen LogP contribution in [0.3, 0.4) is 0 Å². The molecule has 1 fully saturated rings. The summed E-state index contributed by atoms with van der Waals surface area (Å²) < 4.78 is 5.51. The van der Waals surface area contributed by atoms with Gasteiger partial charge in [0.2, 0.25) is 0 Å². The van der Waals surface area contributed by atoms with Crippen LogP contribution in [0.5, 0.6) is 0 Å². The fraction of sp³-hybridized carbons (Fsp3) is 0.500. The number of thiophene rings is 2. The molecule has 3 rings (SSSR count). The Morgan fingerprint density at radius 2 is 2.19 bits per heavy atom. The first-order chi connectivity index (χ1) is 10.2. The van der Waals surface area contributed by atoms with Crippen molar-refractivity contribution in [3.8, 4) is 0 Å². The molecule has 2 aromatic rings. The van der Waals surface area contributed by atoms with Crippen LogP contribution in [0, 0.1) is 0 Å². The van der Waals surface area contributed by atoms with Crippen LogP contribution in [0.15, 0.2) is 35.0 Å². The summed E-state index contributed by atoms with van der Waals surface area (Å²) in [6, 6.07) is 8.75. The molecule has 1 aliphatic heterocycles. The summed E-state index contributed by atoms with van der Waals surface area (Å²) in [6.45, 7) is 3.17. The van der Waals surface area contributed by atoms with Crippen molar-refractivity contribution in [1.82, 2.24) is 5.32 Å². The van der Waals surface area contributed by atoms with Gasteiger partial charge in [0.05, 0.1) is 6.10 Å². The molecule has 2 aromatic heterocycles. The van der Waals surface area contributed by atoms with Gasteiger partial charge in [0.1, 0.15) is 5.60 Å². The number of hydrogen-bond donors (Lipinski definition) is 2. The highest BCUT2D eigenvalue weighted by atomic mass is 32.1. The lowest BCUT2D eigenvalue weighted by Gasteiger charge is -2.29. The van der Waals surface area contributed by atoms with Gasteiger partial charge in [0.25, 0.3) is 0 Å². The van der Waals surface area contributed by atoms with Crippen molar-refractivity contribution in [2.75, 3.05) is 13.2 Å². The molecule has 0 spiro atoms. The lowest BCUT2D eigenvalue weighted by Crippen LogP contribution is -2.46. The van der Waals surface area contributed by atoms with Crippen molar-refractivity contribution in [3.63, 3.8) is 0 Å². The Morgan fingerprint density at radius 3 is 2.81 bits per heavy atom. The third-order valence-corrected chi connectivity index (χ3v) is 6.07. The highest BCUT2D eigenvalue weighted by Gasteiger charge is 2.39. The Labute approximate surface area is 133 Å². The lowest BCUT2D eigenvalue weighted by atomic mass is 9.96. The maximum Gasteiger partial charge on any atom is 0.105 e. The number of ether oxygens (including phenoxy) is 1. The Kier molecular flexibility index (Phi) is 4.76. The Morgan fingerprint density at radius 1 is 1.38 bits per heavy atom. The SMILES string of the molecule is CC1OCCC1(O)CNC(Cc1cccs1)c1cccs1. The molecular formula is C16H21NO2S2. The van der Waals surface area contributed by atoms with Crippen LogP contribution >= 0.6 is 22.7 Å². The standard InChI is InChI=1S/C16H21NO2S2/c1-12-16(18,6-7-19-12)11-17-14(15-5-3-9-21-15)10-13-4-2-8-20-13/h2-5,8-9,12,14,17-18H,6-7,10-11H2,1H3. The predicted octanol–water partition coefficient (Wildman–Crippen LogP) is 3.22. The summed E-state index contributed by atoms with van der Waals surface area (Å²) >= 11 is 3.55. The molecule has 0 radical (unpaired) electrons. The van der Waals surface area contributed by atoms with Crippen molar-refractivity contribution in [2.45, 2.75) is 37.5 Å². The molecule has 0 aromatic carbocycles. The van der Waals surface area contributed by atoms with Crippen LogP contribution in [0.1, 0.15) is 29.1 Å². The zero-order valence-electron chi connectivity index (χ0n) is 12.1. The summed E-state index contributed by atoms with van der Waals surface area (Å²) in [5.41, 5.74) is -0.745. The smallest absolute Gasteiger partial charge is 0.105 e. The van der Waals surface area contributed by atoms with E-state index < -0.39 is 5.60 Å². The van der Waals surface area contributed by atoms with E-state index in [4.69, 9.17) is 4.74 Å². The molecular weight excluding hydrogens is 302 g/mol. The lowest BCUT2D eigenvalue weighted by molar-refractivity contribution is -0.0276. The van der Waals surface area contributed by atoms with Gasteiger partial charge in [-0.1, -0.05) is 12.1 Å². The fourth-order valence-electron chi connectivity index (χ4n) is 2.70. The van der Waals surface area contributed by atoms with Gasteiger partial charge in [-0.15, -0.1) is 22.7 Å². The second-order valence-corrected chi connectivity index (χ2v) is 7.61. The molecule has 3 atom stereocenters. The predicted molar refractivity (Wildman–Crippen MR) is 88.1 cm³/mol. The van der Waals surface area contributed by atoms with Crippen molar-refractivity contribution < 1.29 is 9.84 Å². The summed E-state index contributed by atoms with van der Waals surface area (Å²) in [5.74, 6) is 0. The van der Waals surface area contributed by atoms with Gasteiger partial charge in [0, 0.05) is 41.8 Å². The second-order valence-electron chi connectivity index (χ2n) is 5.60. The van der Waals surface area contributed by atoms with Gasteiger partial charge >= 0.3 is 0 Å². The Bertz CT molecular complexity index is 541. The van der Waals surface area contributed by atoms with E-state index in [0.717, 1.165) is 6.42 Å². The minimum absolute atomic E-state index is 0.101. The van der Waals surface area contributed by atoms with E-state index in [1.165, 1.54) is 9.75 Å². The topological polar surface area (TPSA) is 41.5 Å². The molecule has 1 aliphatic rings. The number of aliphatic hydroxyl groups is 1. The van der Waals surface area contributed by atoms with Crippen LogP contribution in [0.25, 0.3) is 0 Å². The van der Waals surface area contributed by atoms with Crippen LogP contribution < -0.4 is 5.32 Å². The molecule has 2 N–H and O–H groups in total. The molecule has 114 valence electrons. The molecule has 1 saturated heterocycles. The van der Waals surface area contributed by atoms with E-state index >= 15 is 0 Å². The van der Waals surface area contributed by atoms with Crippen LogP contribution in [0.4, 0.5) is 0 Å². The van der Waals surface area contributed by atoms with Gasteiger partial charge in [-0.2, -0.15) is 0 Å². The van der Waals surface area contributed by atoms with E-state index in [2.05, 4.69) is 40.3 Å². The average molecular weight is 323 g/mol. The van der Waals surface area contributed by atoms with E-state index in [9.17, 15) is 5.11 Å². The third kappa shape index (κ3) is 3.55. The minimum atomic E-state index is -0.745. The minimum Gasteiger partial charge on any atom is -0.386 e. The average Bonchev–Trinajstić information content (AvgIpc) is 3.19. The van der Waals surface area contributed by atoms with Crippen molar-refractivity contribution in [1.29, 1.82) is 0 Å². The first-order valence-corrected chi connectivity index (χ1v) is 9.06. The molecule has 5 heteroatoms. The first-order valence-electron chi connectivity index (χ1n) is 7.30. The van der Waals surface area contributed by atoms with Gasteiger partial charge < -0.3 is 15.2 Å². The third-order valence-electron chi connectivity index (χ3n) is 4.19. The second kappa shape index (κ2) is 6.58. The molecule has 3 heterocycles. The summed E-state index contributed by atoms with van der Waals surface area (Å²) in [6.07, 6.45) is 1.57. The van der Waals surface area contributed by atoms with Crippen LogP contribution in [0.2, 0.25) is 0 Å². The van der Waals surface area contributed by atoms with Crippen molar-refractivity contribution >= 4 is 22.7 Å².